The Bertz CT molecular complexity index is 447. The van der Waals surface area contributed by atoms with Gasteiger partial charge in [0, 0.05) is 22.2 Å². The molecular formula is C15H25N3S2. The number of thiocarbonyl (C=S) groups is 1. The maximum Gasteiger partial charge on any atom is 0.107 e. The lowest BCUT2D eigenvalue weighted by Crippen LogP contribution is -2.24. The van der Waals surface area contributed by atoms with Crippen LogP contribution in [-0.4, -0.2) is 42.3 Å². The summed E-state index contributed by atoms with van der Waals surface area (Å²) in [6, 6.07) is 6.58. The molecule has 112 valence electrons. The van der Waals surface area contributed by atoms with Crippen molar-refractivity contribution in [2.24, 2.45) is 5.73 Å². The van der Waals surface area contributed by atoms with Crippen LogP contribution < -0.4 is 11.1 Å². The van der Waals surface area contributed by atoms with Crippen molar-refractivity contribution in [2.45, 2.75) is 31.2 Å². The van der Waals surface area contributed by atoms with Gasteiger partial charge in [-0.05, 0) is 51.9 Å². The molecular weight excluding hydrogens is 286 g/mol. The van der Waals surface area contributed by atoms with E-state index < -0.39 is 0 Å². The number of hydrogen-bond donors (Lipinski definition) is 2. The van der Waals surface area contributed by atoms with Crippen LogP contribution in [0.3, 0.4) is 0 Å². The summed E-state index contributed by atoms with van der Waals surface area (Å²) in [5.74, 6) is 1.01. The molecule has 0 saturated carbocycles. The third-order valence-corrected chi connectivity index (χ3v) is 4.13. The Hall–Kier alpha value is -0.780. The number of nitrogens with zero attached hydrogens (tertiary/aromatic N) is 1. The first-order valence-electron chi connectivity index (χ1n) is 6.92. The summed E-state index contributed by atoms with van der Waals surface area (Å²) < 4.78 is 0. The Morgan fingerprint density at radius 3 is 2.70 bits per heavy atom. The van der Waals surface area contributed by atoms with Crippen molar-refractivity contribution in [1.82, 2.24) is 4.90 Å². The molecule has 20 heavy (non-hydrogen) atoms. The van der Waals surface area contributed by atoms with Crippen molar-refractivity contribution in [3.05, 3.63) is 23.8 Å². The molecule has 1 unspecified atom stereocenters. The van der Waals surface area contributed by atoms with Crippen LogP contribution >= 0.6 is 24.0 Å². The maximum atomic E-state index is 5.91. The summed E-state index contributed by atoms with van der Waals surface area (Å²) in [7, 11) is 4.18. The second kappa shape index (κ2) is 8.49. The minimum atomic E-state index is 0.382. The monoisotopic (exact) mass is 311 g/mol. The van der Waals surface area contributed by atoms with Gasteiger partial charge in [-0.1, -0.05) is 25.2 Å². The van der Waals surface area contributed by atoms with Gasteiger partial charge in [-0.25, -0.2) is 0 Å². The first-order valence-corrected chi connectivity index (χ1v) is 8.32. The predicted molar refractivity (Wildman–Crippen MR) is 95.0 cm³/mol. The van der Waals surface area contributed by atoms with Gasteiger partial charge in [0.25, 0.3) is 0 Å². The predicted octanol–water partition coefficient (Wildman–Crippen LogP) is 3.18. The zero-order chi connectivity index (χ0) is 15.1. The van der Waals surface area contributed by atoms with Crippen LogP contribution in [0.2, 0.25) is 0 Å². The van der Waals surface area contributed by atoms with Gasteiger partial charge in [-0.15, -0.1) is 11.8 Å². The summed E-state index contributed by atoms with van der Waals surface area (Å²) in [5.41, 5.74) is 7.93. The Labute approximate surface area is 132 Å². The minimum Gasteiger partial charge on any atom is -0.389 e. The SMILES string of the molecule is CCSc1cccc(NC(C)CCN(C)C)c1C(N)=S. The lowest BCUT2D eigenvalue weighted by Gasteiger charge is -2.21. The molecule has 5 heteroatoms. The average molecular weight is 312 g/mol. The molecule has 3 nitrogen and oxygen atoms in total. The summed E-state index contributed by atoms with van der Waals surface area (Å²) in [4.78, 5) is 3.81. The maximum absolute atomic E-state index is 5.91. The Kier molecular flexibility index (Phi) is 7.34. The zero-order valence-electron chi connectivity index (χ0n) is 12.8. The zero-order valence-corrected chi connectivity index (χ0v) is 14.4. The van der Waals surface area contributed by atoms with E-state index in [1.165, 1.54) is 0 Å². The number of anilines is 1. The topological polar surface area (TPSA) is 41.3 Å². The highest BCUT2D eigenvalue weighted by atomic mass is 32.2. The first kappa shape index (κ1) is 17.3. The van der Waals surface area contributed by atoms with Gasteiger partial charge in [0.1, 0.15) is 4.99 Å². The smallest absolute Gasteiger partial charge is 0.107 e. The third kappa shape index (κ3) is 5.31. The van der Waals surface area contributed by atoms with Gasteiger partial charge in [0.15, 0.2) is 0 Å². The quantitative estimate of drug-likeness (QED) is 0.570. The molecule has 1 atom stereocenters. The van der Waals surface area contributed by atoms with Crippen LogP contribution in [0.4, 0.5) is 5.69 Å². The molecule has 0 aromatic heterocycles. The molecule has 0 spiro atoms. The van der Waals surface area contributed by atoms with Crippen LogP contribution in [0.5, 0.6) is 0 Å². The molecule has 0 aliphatic carbocycles. The van der Waals surface area contributed by atoms with Gasteiger partial charge in [0.05, 0.1) is 0 Å². The lowest BCUT2D eigenvalue weighted by molar-refractivity contribution is 0.390. The average Bonchev–Trinajstić information content (AvgIpc) is 2.36. The highest BCUT2D eigenvalue weighted by molar-refractivity contribution is 7.99. The van der Waals surface area contributed by atoms with Crippen molar-refractivity contribution in [1.29, 1.82) is 0 Å². The summed E-state index contributed by atoms with van der Waals surface area (Å²) in [5, 5.41) is 3.54. The Balaban J connectivity index is 2.88. The van der Waals surface area contributed by atoms with Crippen molar-refractivity contribution in [3.63, 3.8) is 0 Å². The van der Waals surface area contributed by atoms with Crippen LogP contribution in [0.1, 0.15) is 25.8 Å². The molecule has 0 aliphatic heterocycles. The molecule has 0 radical (unpaired) electrons. The highest BCUT2D eigenvalue weighted by Gasteiger charge is 2.13. The van der Waals surface area contributed by atoms with E-state index in [1.54, 1.807) is 11.8 Å². The second-order valence-electron chi connectivity index (χ2n) is 5.11. The van der Waals surface area contributed by atoms with E-state index in [4.69, 9.17) is 18.0 Å². The number of rotatable bonds is 8. The number of nitrogens with two attached hydrogens (primary N) is 1. The Morgan fingerprint density at radius 2 is 2.15 bits per heavy atom. The number of hydrogen-bond acceptors (Lipinski definition) is 4. The van der Waals surface area contributed by atoms with Crippen molar-refractivity contribution >= 4 is 34.7 Å². The molecule has 1 rings (SSSR count). The Morgan fingerprint density at radius 1 is 1.45 bits per heavy atom. The normalized spacial score (nSPS) is 12.4. The van der Waals surface area contributed by atoms with Gasteiger partial charge in [0.2, 0.25) is 0 Å². The van der Waals surface area contributed by atoms with Crippen LogP contribution in [0.25, 0.3) is 0 Å². The van der Waals surface area contributed by atoms with E-state index in [9.17, 15) is 0 Å². The van der Waals surface area contributed by atoms with Gasteiger partial charge < -0.3 is 16.0 Å². The molecule has 0 fully saturated rings. The molecule has 1 aromatic carbocycles. The minimum absolute atomic E-state index is 0.382. The summed E-state index contributed by atoms with van der Waals surface area (Å²) >= 11 is 7.00. The largest absolute Gasteiger partial charge is 0.389 e. The standard InChI is InChI=1S/C15H25N3S2/c1-5-20-13-8-6-7-12(14(13)15(16)19)17-11(2)9-10-18(3)4/h6-8,11,17H,5,9-10H2,1-4H3,(H2,16,19). The molecule has 0 saturated heterocycles. The number of benzene rings is 1. The van der Waals surface area contributed by atoms with Crippen LogP contribution in [-0.2, 0) is 0 Å². The third-order valence-electron chi connectivity index (χ3n) is 2.98. The molecule has 3 N–H and O–H groups in total. The first-order chi connectivity index (χ1) is 9.45. The molecule has 0 amide bonds. The fourth-order valence-corrected chi connectivity index (χ4v) is 3.11. The van der Waals surface area contributed by atoms with E-state index in [0.29, 0.717) is 11.0 Å². The van der Waals surface area contributed by atoms with Crippen LogP contribution in [0, 0.1) is 0 Å². The molecule has 0 aliphatic rings. The fourth-order valence-electron chi connectivity index (χ4n) is 1.97. The second-order valence-corrected chi connectivity index (χ2v) is 6.86. The van der Waals surface area contributed by atoms with E-state index in [1.807, 2.05) is 0 Å². The molecule has 1 aromatic rings. The summed E-state index contributed by atoms with van der Waals surface area (Å²) in [6.45, 7) is 5.38. The summed E-state index contributed by atoms with van der Waals surface area (Å²) in [6.07, 6.45) is 1.08. The lowest BCUT2D eigenvalue weighted by atomic mass is 10.1. The number of thioether (sulfide) groups is 1. The van der Waals surface area contributed by atoms with Crippen molar-refractivity contribution < 1.29 is 0 Å². The van der Waals surface area contributed by atoms with E-state index in [2.05, 4.69) is 56.4 Å². The van der Waals surface area contributed by atoms with Crippen molar-refractivity contribution in [2.75, 3.05) is 31.7 Å². The highest BCUT2D eigenvalue weighted by Crippen LogP contribution is 2.29. The van der Waals surface area contributed by atoms with Gasteiger partial charge in [-0.3, -0.25) is 0 Å². The fraction of sp³-hybridized carbons (Fsp3) is 0.533. The van der Waals surface area contributed by atoms with E-state index in [0.717, 1.165) is 34.9 Å². The van der Waals surface area contributed by atoms with E-state index >= 15 is 0 Å². The van der Waals surface area contributed by atoms with Crippen molar-refractivity contribution in [3.8, 4) is 0 Å². The molecule has 0 heterocycles. The van der Waals surface area contributed by atoms with E-state index in [-0.39, 0.29) is 0 Å². The van der Waals surface area contributed by atoms with Gasteiger partial charge in [-0.2, -0.15) is 0 Å². The van der Waals surface area contributed by atoms with Gasteiger partial charge >= 0.3 is 0 Å². The number of nitrogens with one attached hydrogen (secondary N) is 1. The van der Waals surface area contributed by atoms with Crippen LogP contribution in [0.15, 0.2) is 23.1 Å². The molecule has 0 bridgehead atoms.